The van der Waals surface area contributed by atoms with E-state index in [1.165, 1.54) is 0 Å². The molecule has 0 atom stereocenters. The molecule has 3 aromatic carbocycles. The van der Waals surface area contributed by atoms with Gasteiger partial charge in [0.1, 0.15) is 11.3 Å². The average Bonchev–Trinajstić information content (AvgIpc) is 3.33. The normalized spacial score (nSPS) is 13.8. The van der Waals surface area contributed by atoms with Crippen LogP contribution in [0.4, 0.5) is 11.4 Å². The number of carbonyl (C=O) groups is 2. The van der Waals surface area contributed by atoms with E-state index in [-0.39, 0.29) is 17.9 Å². The lowest BCUT2D eigenvalue weighted by Gasteiger charge is -2.35. The van der Waals surface area contributed by atoms with Crippen molar-refractivity contribution in [2.24, 2.45) is 0 Å². The maximum absolute atomic E-state index is 12.9. The summed E-state index contributed by atoms with van der Waals surface area (Å²) in [6, 6.07) is 24.4. The van der Waals surface area contributed by atoms with Crippen molar-refractivity contribution in [2.75, 3.05) is 36.4 Å². The second kappa shape index (κ2) is 10.2. The van der Waals surface area contributed by atoms with Gasteiger partial charge in [0.25, 0.3) is 11.8 Å². The van der Waals surface area contributed by atoms with E-state index in [0.717, 1.165) is 35.4 Å². The van der Waals surface area contributed by atoms with Gasteiger partial charge in [-0.1, -0.05) is 24.3 Å². The molecule has 0 aliphatic carbocycles. The summed E-state index contributed by atoms with van der Waals surface area (Å²) in [5.41, 5.74) is 3.04. The second-order valence-electron chi connectivity index (χ2n) is 9.12. The molecule has 2 amide bonds. The Morgan fingerprint density at radius 1 is 0.889 bits per heavy atom. The Morgan fingerprint density at radius 3 is 2.36 bits per heavy atom. The predicted octanol–water partition coefficient (Wildman–Crippen LogP) is 5.43. The molecule has 0 radical (unpaired) electrons. The molecule has 7 heteroatoms. The minimum absolute atomic E-state index is 0.0427. The molecule has 0 bridgehead atoms. The molecular weight excluding hydrogens is 454 g/mol. The smallest absolute Gasteiger partial charge is 0.289 e. The van der Waals surface area contributed by atoms with E-state index < -0.39 is 0 Å². The molecule has 7 nitrogen and oxygen atoms in total. The number of furan rings is 1. The molecule has 1 saturated heterocycles. The van der Waals surface area contributed by atoms with Crippen LogP contribution in [-0.4, -0.2) is 49.0 Å². The number of hydrogen-bond acceptors (Lipinski definition) is 5. The Hall–Kier alpha value is -4.26. The fourth-order valence-electron chi connectivity index (χ4n) is 4.35. The highest BCUT2D eigenvalue weighted by molar-refractivity contribution is 6.04. The number of nitrogens with zero attached hydrogens (tertiary/aromatic N) is 2. The molecule has 36 heavy (non-hydrogen) atoms. The first-order chi connectivity index (χ1) is 17.5. The zero-order valence-electron chi connectivity index (χ0n) is 20.4. The molecule has 0 unspecified atom stereocenters. The van der Waals surface area contributed by atoms with Gasteiger partial charge >= 0.3 is 0 Å². The molecule has 5 rings (SSSR count). The van der Waals surface area contributed by atoms with Crippen LogP contribution in [0.3, 0.4) is 0 Å². The lowest BCUT2D eigenvalue weighted by molar-refractivity contribution is 0.0717. The van der Waals surface area contributed by atoms with Crippen molar-refractivity contribution in [3.63, 3.8) is 0 Å². The Kier molecular flexibility index (Phi) is 6.62. The molecule has 184 valence electrons. The molecule has 0 spiro atoms. The molecule has 2 heterocycles. The standard InChI is InChI=1S/C29H29N3O4/c1-20(2)35-25-8-5-7-22(18-25)28(33)30-23-10-12-24(13-11-23)31-14-16-32(17-15-31)29(34)27-19-21-6-3-4-9-26(21)36-27/h3-13,18-20H,14-17H2,1-2H3,(H,30,33). The lowest BCUT2D eigenvalue weighted by Crippen LogP contribution is -2.48. The van der Waals surface area contributed by atoms with E-state index in [2.05, 4.69) is 10.2 Å². The second-order valence-corrected chi connectivity index (χ2v) is 9.12. The molecule has 4 aromatic rings. The molecule has 1 N–H and O–H groups in total. The van der Waals surface area contributed by atoms with Crippen LogP contribution in [-0.2, 0) is 0 Å². The number of benzene rings is 3. The van der Waals surface area contributed by atoms with E-state index >= 15 is 0 Å². The largest absolute Gasteiger partial charge is 0.491 e. The Labute approximate surface area is 210 Å². The Balaban J connectivity index is 1.17. The van der Waals surface area contributed by atoms with Crippen molar-refractivity contribution < 1.29 is 18.7 Å². The van der Waals surface area contributed by atoms with Crippen LogP contribution in [0.2, 0.25) is 0 Å². The molecule has 1 aromatic heterocycles. The molecule has 1 aliphatic heterocycles. The van der Waals surface area contributed by atoms with Gasteiger partial charge in [0.2, 0.25) is 0 Å². The monoisotopic (exact) mass is 483 g/mol. The summed E-state index contributed by atoms with van der Waals surface area (Å²) in [5, 5.41) is 3.88. The maximum Gasteiger partial charge on any atom is 0.289 e. The molecule has 1 aliphatic rings. The van der Waals surface area contributed by atoms with Crippen LogP contribution in [0.25, 0.3) is 11.0 Å². The zero-order valence-corrected chi connectivity index (χ0v) is 20.4. The summed E-state index contributed by atoms with van der Waals surface area (Å²) in [4.78, 5) is 29.7. The van der Waals surface area contributed by atoms with Gasteiger partial charge in [0.15, 0.2) is 5.76 Å². The van der Waals surface area contributed by atoms with Crippen LogP contribution >= 0.6 is 0 Å². The topological polar surface area (TPSA) is 75.0 Å². The number of fused-ring (bicyclic) bond motifs is 1. The zero-order chi connectivity index (χ0) is 25.1. The highest BCUT2D eigenvalue weighted by Gasteiger charge is 2.24. The van der Waals surface area contributed by atoms with Crippen molar-refractivity contribution >= 4 is 34.2 Å². The van der Waals surface area contributed by atoms with Gasteiger partial charge in [-0.3, -0.25) is 9.59 Å². The third-order valence-electron chi connectivity index (χ3n) is 6.16. The van der Waals surface area contributed by atoms with Crippen molar-refractivity contribution in [3.05, 3.63) is 90.2 Å². The van der Waals surface area contributed by atoms with E-state index in [1.807, 2.05) is 85.5 Å². The van der Waals surface area contributed by atoms with Crippen molar-refractivity contribution in [1.82, 2.24) is 4.90 Å². The number of piperazine rings is 1. The van der Waals surface area contributed by atoms with E-state index in [0.29, 0.717) is 30.2 Å². The summed E-state index contributed by atoms with van der Waals surface area (Å²) in [7, 11) is 0. The summed E-state index contributed by atoms with van der Waals surface area (Å²) in [5.74, 6) is 0.790. The Morgan fingerprint density at radius 2 is 1.64 bits per heavy atom. The van der Waals surface area contributed by atoms with E-state index in [9.17, 15) is 9.59 Å². The van der Waals surface area contributed by atoms with Crippen LogP contribution in [0.15, 0.2) is 83.3 Å². The highest BCUT2D eigenvalue weighted by atomic mass is 16.5. The first kappa shape index (κ1) is 23.5. The number of anilines is 2. The molecule has 0 saturated carbocycles. The summed E-state index contributed by atoms with van der Waals surface area (Å²) in [6.07, 6.45) is 0.0427. The van der Waals surface area contributed by atoms with Gasteiger partial charge in [-0.05, 0) is 68.4 Å². The summed E-state index contributed by atoms with van der Waals surface area (Å²) < 4.78 is 11.4. The maximum atomic E-state index is 12.9. The van der Waals surface area contributed by atoms with Crippen LogP contribution in [0.5, 0.6) is 5.75 Å². The fraction of sp³-hybridized carbons (Fsp3) is 0.241. The molecule has 1 fully saturated rings. The van der Waals surface area contributed by atoms with Crippen molar-refractivity contribution in [3.8, 4) is 5.75 Å². The number of hydrogen-bond donors (Lipinski definition) is 1. The van der Waals surface area contributed by atoms with Gasteiger partial charge in [-0.2, -0.15) is 0 Å². The number of para-hydroxylation sites is 1. The van der Waals surface area contributed by atoms with Gasteiger partial charge in [0, 0.05) is 48.5 Å². The summed E-state index contributed by atoms with van der Waals surface area (Å²) in [6.45, 7) is 6.58. The first-order valence-electron chi connectivity index (χ1n) is 12.2. The van der Waals surface area contributed by atoms with Crippen molar-refractivity contribution in [1.29, 1.82) is 0 Å². The highest BCUT2D eigenvalue weighted by Crippen LogP contribution is 2.23. The number of nitrogens with one attached hydrogen (secondary N) is 1. The quantitative estimate of drug-likeness (QED) is 0.396. The molecular formula is C29H29N3O4. The third-order valence-corrected chi connectivity index (χ3v) is 6.16. The van der Waals surface area contributed by atoms with Gasteiger partial charge in [-0.15, -0.1) is 0 Å². The number of ether oxygens (including phenoxy) is 1. The third kappa shape index (κ3) is 5.20. The van der Waals surface area contributed by atoms with E-state index in [1.54, 1.807) is 12.1 Å². The summed E-state index contributed by atoms with van der Waals surface area (Å²) >= 11 is 0. The Bertz CT molecular complexity index is 1340. The number of rotatable bonds is 6. The first-order valence-corrected chi connectivity index (χ1v) is 12.2. The number of amides is 2. The lowest BCUT2D eigenvalue weighted by atomic mass is 10.2. The SMILES string of the molecule is CC(C)Oc1cccc(C(=O)Nc2ccc(N3CCN(C(=O)c4cc5ccccc5o4)CC3)cc2)c1. The minimum Gasteiger partial charge on any atom is -0.491 e. The van der Waals surface area contributed by atoms with Gasteiger partial charge in [-0.25, -0.2) is 0 Å². The van der Waals surface area contributed by atoms with E-state index in [4.69, 9.17) is 9.15 Å². The van der Waals surface area contributed by atoms with Crippen LogP contribution in [0, 0.1) is 0 Å². The average molecular weight is 484 g/mol. The number of carbonyl (C=O) groups excluding carboxylic acids is 2. The fourth-order valence-corrected chi connectivity index (χ4v) is 4.35. The van der Waals surface area contributed by atoms with Crippen LogP contribution in [0.1, 0.15) is 34.8 Å². The van der Waals surface area contributed by atoms with Gasteiger partial charge in [0.05, 0.1) is 6.10 Å². The van der Waals surface area contributed by atoms with Crippen molar-refractivity contribution in [2.45, 2.75) is 20.0 Å². The van der Waals surface area contributed by atoms with Gasteiger partial charge < -0.3 is 24.3 Å². The predicted molar refractivity (Wildman–Crippen MR) is 141 cm³/mol. The van der Waals surface area contributed by atoms with Crippen LogP contribution < -0.4 is 15.0 Å². The minimum atomic E-state index is -0.185.